The Morgan fingerprint density at radius 1 is 1.28 bits per heavy atom. The van der Waals surface area contributed by atoms with Gasteiger partial charge in [0.15, 0.2) is 0 Å². The van der Waals surface area contributed by atoms with Gasteiger partial charge in [-0.3, -0.25) is 0 Å². The number of aromatic nitrogens is 1. The van der Waals surface area contributed by atoms with Crippen LogP contribution in [0.5, 0.6) is 0 Å². The summed E-state index contributed by atoms with van der Waals surface area (Å²) in [7, 11) is 0. The van der Waals surface area contributed by atoms with E-state index in [-0.39, 0.29) is 0 Å². The Morgan fingerprint density at radius 2 is 2.17 bits per heavy atom. The third-order valence-electron chi connectivity index (χ3n) is 3.91. The number of hydrogen-bond donors (Lipinski definition) is 1. The molecule has 0 aliphatic heterocycles. The van der Waals surface area contributed by atoms with Crippen molar-refractivity contribution in [3.8, 4) is 0 Å². The van der Waals surface area contributed by atoms with Crippen LogP contribution in [0.15, 0.2) is 30.5 Å². The van der Waals surface area contributed by atoms with Gasteiger partial charge in [-0.2, -0.15) is 0 Å². The molecular weight excluding hydrogens is 220 g/mol. The lowest BCUT2D eigenvalue weighted by molar-refractivity contribution is 0.584. The quantitative estimate of drug-likeness (QED) is 0.770. The van der Waals surface area contributed by atoms with E-state index in [0.717, 1.165) is 25.4 Å². The highest BCUT2D eigenvalue weighted by Gasteiger charge is 2.19. The molecule has 0 saturated heterocycles. The Balaban J connectivity index is 1.70. The molecule has 1 aromatic carbocycles. The van der Waals surface area contributed by atoms with Gasteiger partial charge in [-0.05, 0) is 48.7 Å². The van der Waals surface area contributed by atoms with Crippen LogP contribution in [-0.4, -0.2) is 17.7 Å². The summed E-state index contributed by atoms with van der Waals surface area (Å²) in [6.45, 7) is 5.60. The summed E-state index contributed by atoms with van der Waals surface area (Å²) in [5, 5.41) is 4.94. The number of para-hydroxylation sites is 1. The third kappa shape index (κ3) is 2.44. The summed E-state index contributed by atoms with van der Waals surface area (Å²) in [5.41, 5.74) is 2.88. The van der Waals surface area contributed by atoms with Crippen molar-refractivity contribution in [3.05, 3.63) is 36.0 Å². The monoisotopic (exact) mass is 242 g/mol. The second-order valence-corrected chi connectivity index (χ2v) is 5.37. The van der Waals surface area contributed by atoms with Gasteiger partial charge in [-0.15, -0.1) is 0 Å². The maximum Gasteiger partial charge on any atom is 0.0513 e. The van der Waals surface area contributed by atoms with E-state index in [9.17, 15) is 0 Å². The molecule has 1 aromatic heterocycles. The average Bonchev–Trinajstić information content (AvgIpc) is 3.14. The average molecular weight is 242 g/mol. The highest BCUT2D eigenvalue weighted by atomic mass is 15.0. The van der Waals surface area contributed by atoms with Crippen molar-refractivity contribution >= 4 is 10.9 Å². The Morgan fingerprint density at radius 3 is 2.94 bits per heavy atom. The van der Waals surface area contributed by atoms with E-state index in [0.29, 0.717) is 0 Å². The van der Waals surface area contributed by atoms with E-state index < -0.39 is 0 Å². The number of nitrogens with zero attached hydrogens (tertiary/aromatic N) is 1. The molecule has 2 nitrogen and oxygen atoms in total. The van der Waals surface area contributed by atoms with Crippen molar-refractivity contribution in [2.75, 3.05) is 13.1 Å². The minimum absolute atomic E-state index is 0.970. The lowest BCUT2D eigenvalue weighted by atomic mass is 10.1. The van der Waals surface area contributed by atoms with Crippen LogP contribution in [0.2, 0.25) is 0 Å². The summed E-state index contributed by atoms with van der Waals surface area (Å²) < 4.78 is 2.40. The van der Waals surface area contributed by atoms with Crippen LogP contribution in [0.1, 0.15) is 25.3 Å². The van der Waals surface area contributed by atoms with Gasteiger partial charge in [0, 0.05) is 19.3 Å². The van der Waals surface area contributed by atoms with E-state index in [2.05, 4.69) is 47.3 Å². The number of rotatable bonds is 6. The van der Waals surface area contributed by atoms with Gasteiger partial charge in [0.2, 0.25) is 0 Å². The normalized spacial score (nSPS) is 15.4. The van der Waals surface area contributed by atoms with Crippen LogP contribution in [0, 0.1) is 5.92 Å². The van der Waals surface area contributed by atoms with E-state index in [1.54, 1.807) is 0 Å². The number of hydrogen-bond acceptors (Lipinski definition) is 1. The van der Waals surface area contributed by atoms with Gasteiger partial charge in [-0.1, -0.05) is 25.1 Å². The predicted octanol–water partition coefficient (Wildman–Crippen LogP) is 3.20. The molecule has 18 heavy (non-hydrogen) atoms. The molecule has 1 saturated carbocycles. The molecule has 0 spiro atoms. The first-order chi connectivity index (χ1) is 8.88. The van der Waals surface area contributed by atoms with Crippen LogP contribution in [0.25, 0.3) is 10.9 Å². The Bertz CT molecular complexity index is 523. The van der Waals surface area contributed by atoms with E-state index in [1.807, 2.05) is 0 Å². The maximum atomic E-state index is 3.57. The first-order valence-corrected chi connectivity index (χ1v) is 7.16. The first kappa shape index (κ1) is 11.8. The molecular formula is C16H22N2. The lowest BCUT2D eigenvalue weighted by Crippen LogP contribution is -2.21. The molecule has 1 aliphatic carbocycles. The molecule has 96 valence electrons. The Kier molecular flexibility index (Phi) is 3.37. The zero-order chi connectivity index (χ0) is 12.4. The third-order valence-corrected chi connectivity index (χ3v) is 3.91. The second-order valence-electron chi connectivity index (χ2n) is 5.37. The van der Waals surface area contributed by atoms with E-state index >= 15 is 0 Å². The standard InChI is InChI=1S/C16H22N2/c1-2-14-4-3-5-15-8-10-18(16(14)15)11-9-17-12-13-6-7-13/h3-5,8,10,13,17H,2,6-7,9,11-12H2,1H3. The molecule has 1 N–H and O–H groups in total. The molecule has 0 amide bonds. The van der Waals surface area contributed by atoms with Crippen LogP contribution in [0.3, 0.4) is 0 Å². The summed E-state index contributed by atoms with van der Waals surface area (Å²) in [6.07, 6.45) is 6.19. The minimum Gasteiger partial charge on any atom is -0.346 e. The van der Waals surface area contributed by atoms with Gasteiger partial charge in [0.05, 0.1) is 5.52 Å². The van der Waals surface area contributed by atoms with Crippen molar-refractivity contribution < 1.29 is 0 Å². The molecule has 2 aromatic rings. The molecule has 0 unspecified atom stereocenters. The van der Waals surface area contributed by atoms with Gasteiger partial charge < -0.3 is 9.88 Å². The molecule has 0 radical (unpaired) electrons. The lowest BCUT2D eigenvalue weighted by Gasteiger charge is -2.09. The predicted molar refractivity (Wildman–Crippen MR) is 76.9 cm³/mol. The fraction of sp³-hybridized carbons (Fsp3) is 0.500. The minimum atomic E-state index is 0.970. The van der Waals surface area contributed by atoms with E-state index in [1.165, 1.54) is 35.9 Å². The molecule has 3 rings (SSSR count). The van der Waals surface area contributed by atoms with Gasteiger partial charge >= 0.3 is 0 Å². The summed E-state index contributed by atoms with van der Waals surface area (Å²) >= 11 is 0. The van der Waals surface area contributed by atoms with Gasteiger partial charge in [-0.25, -0.2) is 0 Å². The molecule has 0 bridgehead atoms. The fourth-order valence-electron chi connectivity index (χ4n) is 2.64. The van der Waals surface area contributed by atoms with Crippen LogP contribution >= 0.6 is 0 Å². The largest absolute Gasteiger partial charge is 0.346 e. The second kappa shape index (κ2) is 5.15. The smallest absolute Gasteiger partial charge is 0.0513 e. The SMILES string of the molecule is CCc1cccc2ccn(CCNCC3CC3)c12. The molecule has 2 heteroatoms. The highest BCUT2D eigenvalue weighted by Crippen LogP contribution is 2.27. The van der Waals surface area contributed by atoms with Gasteiger partial charge in [0.25, 0.3) is 0 Å². The zero-order valence-corrected chi connectivity index (χ0v) is 11.2. The molecule has 1 heterocycles. The molecule has 1 aliphatic rings. The first-order valence-electron chi connectivity index (χ1n) is 7.16. The summed E-state index contributed by atoms with van der Waals surface area (Å²) in [5.74, 6) is 0.970. The van der Waals surface area contributed by atoms with Crippen molar-refractivity contribution in [2.45, 2.75) is 32.7 Å². The number of aryl methyl sites for hydroxylation is 1. The van der Waals surface area contributed by atoms with Crippen molar-refractivity contribution in [1.82, 2.24) is 9.88 Å². The van der Waals surface area contributed by atoms with Crippen LogP contribution < -0.4 is 5.32 Å². The zero-order valence-electron chi connectivity index (χ0n) is 11.2. The van der Waals surface area contributed by atoms with Crippen LogP contribution in [-0.2, 0) is 13.0 Å². The number of fused-ring (bicyclic) bond motifs is 1. The summed E-state index contributed by atoms with van der Waals surface area (Å²) in [6, 6.07) is 8.85. The maximum absolute atomic E-state index is 3.57. The van der Waals surface area contributed by atoms with Crippen molar-refractivity contribution in [2.24, 2.45) is 5.92 Å². The van der Waals surface area contributed by atoms with Crippen molar-refractivity contribution in [1.29, 1.82) is 0 Å². The van der Waals surface area contributed by atoms with Gasteiger partial charge in [0.1, 0.15) is 0 Å². The highest BCUT2D eigenvalue weighted by molar-refractivity contribution is 5.83. The molecule has 0 atom stereocenters. The fourth-order valence-corrected chi connectivity index (χ4v) is 2.64. The number of benzene rings is 1. The Hall–Kier alpha value is -1.28. The number of nitrogens with one attached hydrogen (secondary N) is 1. The topological polar surface area (TPSA) is 17.0 Å². The van der Waals surface area contributed by atoms with Crippen molar-refractivity contribution in [3.63, 3.8) is 0 Å². The van der Waals surface area contributed by atoms with E-state index in [4.69, 9.17) is 0 Å². The Labute approximate surface area is 109 Å². The molecule has 1 fully saturated rings. The van der Waals surface area contributed by atoms with Crippen LogP contribution in [0.4, 0.5) is 0 Å². The summed E-state index contributed by atoms with van der Waals surface area (Å²) in [4.78, 5) is 0.